The van der Waals surface area contributed by atoms with Crippen LogP contribution in [-0.2, 0) is 6.54 Å². The van der Waals surface area contributed by atoms with Gasteiger partial charge in [-0.3, -0.25) is 9.59 Å². The van der Waals surface area contributed by atoms with Gasteiger partial charge in [-0.1, -0.05) is 0 Å². The van der Waals surface area contributed by atoms with Crippen LogP contribution in [0, 0.1) is 0 Å². The van der Waals surface area contributed by atoms with Crippen LogP contribution in [-0.4, -0.2) is 43.4 Å². The zero-order valence-corrected chi connectivity index (χ0v) is 15.0. The first-order valence-corrected chi connectivity index (χ1v) is 9.51. The number of carbonyl (C=O) groups excluding carboxylic acids is 1. The second-order valence-electron chi connectivity index (χ2n) is 6.37. The maximum atomic E-state index is 12.6. The first-order chi connectivity index (χ1) is 12.7. The first kappa shape index (κ1) is 16.7. The molecule has 0 bridgehead atoms. The Morgan fingerprint density at radius 3 is 2.88 bits per heavy atom. The highest BCUT2D eigenvalue weighted by Crippen LogP contribution is 2.27. The highest BCUT2D eigenvalue weighted by Gasteiger charge is 2.27. The minimum Gasteiger partial charge on any atom is -0.338 e. The molecule has 7 nitrogen and oxygen atoms in total. The second-order valence-corrected chi connectivity index (χ2v) is 7.09. The second kappa shape index (κ2) is 7.25. The maximum Gasteiger partial charge on any atom is 0.260 e. The molecule has 0 aromatic carbocycles. The number of carbonyl (C=O) groups is 1. The fraction of sp³-hybridized carbons (Fsp3) is 0.333. The van der Waals surface area contributed by atoms with Gasteiger partial charge in [-0.2, -0.15) is 0 Å². The summed E-state index contributed by atoms with van der Waals surface area (Å²) in [5.41, 5.74) is 2.74. The van der Waals surface area contributed by atoms with Gasteiger partial charge in [0.05, 0.1) is 17.7 Å². The molecule has 1 aliphatic heterocycles. The summed E-state index contributed by atoms with van der Waals surface area (Å²) in [6.45, 7) is 1.97. The molecular weight excluding hydrogens is 350 g/mol. The van der Waals surface area contributed by atoms with Gasteiger partial charge < -0.3 is 14.5 Å². The lowest BCUT2D eigenvalue weighted by molar-refractivity contribution is 0.0708. The summed E-state index contributed by atoms with van der Waals surface area (Å²) in [4.78, 5) is 37.6. The maximum absolute atomic E-state index is 12.6. The van der Waals surface area contributed by atoms with Crippen LogP contribution in [0.25, 0.3) is 0 Å². The minimum absolute atomic E-state index is 0.198. The minimum atomic E-state index is -0.335. The van der Waals surface area contributed by atoms with Gasteiger partial charge in [-0.05, 0) is 25.0 Å². The number of aromatic amines is 1. The molecule has 1 amide bonds. The third-order valence-electron chi connectivity index (χ3n) is 4.76. The van der Waals surface area contributed by atoms with Crippen LogP contribution >= 0.6 is 11.3 Å². The number of imidazole rings is 1. The molecule has 3 aromatic rings. The molecule has 8 heteroatoms. The third-order valence-corrected chi connectivity index (χ3v) is 5.39. The van der Waals surface area contributed by atoms with E-state index in [0.29, 0.717) is 19.0 Å². The van der Waals surface area contributed by atoms with Gasteiger partial charge >= 0.3 is 0 Å². The van der Waals surface area contributed by atoms with Crippen molar-refractivity contribution >= 4 is 17.2 Å². The normalized spacial score (nSPS) is 15.3. The van der Waals surface area contributed by atoms with Crippen LogP contribution in [0.2, 0.25) is 0 Å². The van der Waals surface area contributed by atoms with Crippen molar-refractivity contribution in [2.24, 2.45) is 0 Å². The van der Waals surface area contributed by atoms with Gasteiger partial charge in [0.25, 0.3) is 11.5 Å². The van der Waals surface area contributed by atoms with E-state index in [1.807, 2.05) is 23.3 Å². The number of piperidine rings is 1. The van der Waals surface area contributed by atoms with Crippen LogP contribution in [0.5, 0.6) is 0 Å². The standard InChI is InChI=1S/C18H19N5O2S/c24-17-15(2-1-5-20-17)18(25)22-7-3-13(4-8-22)16-19-6-9-23(16)10-14-11-26-12-21-14/h1-2,5-6,9,11-13H,3-4,7-8,10H2,(H,20,24). The Morgan fingerprint density at radius 2 is 2.15 bits per heavy atom. The molecule has 0 aliphatic carbocycles. The number of rotatable bonds is 4. The van der Waals surface area contributed by atoms with Gasteiger partial charge in [-0.15, -0.1) is 11.3 Å². The van der Waals surface area contributed by atoms with Crippen molar-refractivity contribution in [1.29, 1.82) is 0 Å². The van der Waals surface area contributed by atoms with Crippen LogP contribution in [0.4, 0.5) is 0 Å². The van der Waals surface area contributed by atoms with E-state index in [0.717, 1.165) is 30.9 Å². The van der Waals surface area contributed by atoms with Crippen molar-refractivity contribution in [3.63, 3.8) is 0 Å². The summed E-state index contributed by atoms with van der Waals surface area (Å²) in [6.07, 6.45) is 7.01. The van der Waals surface area contributed by atoms with Crippen LogP contribution in [0.15, 0.2) is 46.4 Å². The van der Waals surface area contributed by atoms with E-state index < -0.39 is 0 Å². The quantitative estimate of drug-likeness (QED) is 0.763. The first-order valence-electron chi connectivity index (χ1n) is 8.57. The number of nitrogens with one attached hydrogen (secondary N) is 1. The molecule has 1 N–H and O–H groups in total. The number of thiazole rings is 1. The van der Waals surface area contributed by atoms with E-state index in [2.05, 4.69) is 19.5 Å². The predicted octanol–water partition coefficient (Wildman–Crippen LogP) is 2.10. The lowest BCUT2D eigenvalue weighted by atomic mass is 9.95. The Balaban J connectivity index is 1.43. The van der Waals surface area contributed by atoms with Crippen LogP contribution in [0.1, 0.15) is 40.6 Å². The van der Waals surface area contributed by atoms with Gasteiger partial charge in [0, 0.05) is 43.0 Å². The molecule has 4 rings (SSSR count). The summed E-state index contributed by atoms with van der Waals surface area (Å²) in [6, 6.07) is 3.25. The van der Waals surface area contributed by atoms with E-state index in [1.54, 1.807) is 28.4 Å². The van der Waals surface area contributed by atoms with Gasteiger partial charge in [0.1, 0.15) is 11.4 Å². The van der Waals surface area contributed by atoms with Gasteiger partial charge in [-0.25, -0.2) is 9.97 Å². The molecule has 0 unspecified atom stereocenters. The van der Waals surface area contributed by atoms with E-state index >= 15 is 0 Å². The Kier molecular flexibility index (Phi) is 4.66. The van der Waals surface area contributed by atoms with E-state index in [4.69, 9.17) is 0 Å². The molecule has 1 aliphatic rings. The summed E-state index contributed by atoms with van der Waals surface area (Å²) in [5.74, 6) is 1.15. The van der Waals surface area contributed by atoms with Gasteiger partial charge in [0.2, 0.25) is 0 Å². The summed E-state index contributed by atoms with van der Waals surface area (Å²) < 4.78 is 2.14. The molecule has 0 spiro atoms. The van der Waals surface area contributed by atoms with Crippen molar-refractivity contribution < 1.29 is 4.79 Å². The fourth-order valence-electron chi connectivity index (χ4n) is 3.41. The van der Waals surface area contributed by atoms with Crippen molar-refractivity contribution in [1.82, 2.24) is 24.4 Å². The fourth-order valence-corrected chi connectivity index (χ4v) is 3.96. The number of aromatic nitrogens is 4. The SMILES string of the molecule is O=C(c1ccc[nH]c1=O)N1CCC(c2nccn2Cc2cscn2)CC1. The average molecular weight is 369 g/mol. The largest absolute Gasteiger partial charge is 0.338 e. The predicted molar refractivity (Wildman–Crippen MR) is 98.4 cm³/mol. The lowest BCUT2D eigenvalue weighted by Gasteiger charge is -2.31. The number of H-pyrrole nitrogens is 1. The van der Waals surface area contributed by atoms with Crippen molar-refractivity contribution in [2.45, 2.75) is 25.3 Å². The number of pyridine rings is 1. The molecule has 3 aromatic heterocycles. The number of nitrogens with zero attached hydrogens (tertiary/aromatic N) is 4. The Hall–Kier alpha value is -2.74. The Morgan fingerprint density at radius 1 is 1.31 bits per heavy atom. The zero-order valence-electron chi connectivity index (χ0n) is 14.2. The Labute approximate surface area is 154 Å². The number of likely N-dealkylation sites (tertiary alicyclic amines) is 1. The number of amides is 1. The molecule has 26 heavy (non-hydrogen) atoms. The third kappa shape index (κ3) is 3.32. The Bertz CT molecular complexity index is 938. The summed E-state index contributed by atoms with van der Waals surface area (Å²) in [7, 11) is 0. The highest BCUT2D eigenvalue weighted by molar-refractivity contribution is 7.07. The van der Waals surface area contributed by atoms with Crippen LogP contribution < -0.4 is 5.56 Å². The molecule has 1 fully saturated rings. The van der Waals surface area contributed by atoms with E-state index in [-0.39, 0.29) is 17.0 Å². The molecule has 134 valence electrons. The molecular formula is C18H19N5O2S. The van der Waals surface area contributed by atoms with Crippen molar-refractivity contribution in [3.05, 3.63) is 69.0 Å². The van der Waals surface area contributed by atoms with Crippen LogP contribution in [0.3, 0.4) is 0 Å². The monoisotopic (exact) mass is 369 g/mol. The molecule has 0 atom stereocenters. The average Bonchev–Trinajstić information content (AvgIpc) is 3.34. The van der Waals surface area contributed by atoms with E-state index in [9.17, 15) is 9.59 Å². The molecule has 0 radical (unpaired) electrons. The van der Waals surface area contributed by atoms with Crippen molar-refractivity contribution in [3.8, 4) is 0 Å². The zero-order chi connectivity index (χ0) is 17.9. The molecule has 4 heterocycles. The number of hydrogen-bond acceptors (Lipinski definition) is 5. The smallest absolute Gasteiger partial charge is 0.260 e. The van der Waals surface area contributed by atoms with Gasteiger partial charge in [0.15, 0.2) is 0 Å². The molecule has 1 saturated heterocycles. The summed E-state index contributed by atoms with van der Waals surface area (Å²) >= 11 is 1.59. The topological polar surface area (TPSA) is 83.9 Å². The lowest BCUT2D eigenvalue weighted by Crippen LogP contribution is -2.40. The molecule has 0 saturated carbocycles. The highest BCUT2D eigenvalue weighted by atomic mass is 32.1. The number of hydrogen-bond donors (Lipinski definition) is 1. The van der Waals surface area contributed by atoms with Crippen molar-refractivity contribution in [2.75, 3.05) is 13.1 Å². The summed E-state index contributed by atoms with van der Waals surface area (Å²) in [5, 5.41) is 2.04. The van der Waals surface area contributed by atoms with E-state index in [1.165, 1.54) is 6.20 Å².